The Morgan fingerprint density at radius 2 is 2.36 bits per heavy atom. The van der Waals surface area contributed by atoms with Crippen molar-refractivity contribution in [3.05, 3.63) is 40.5 Å². The van der Waals surface area contributed by atoms with Gasteiger partial charge in [0.05, 0.1) is 19.6 Å². The molecule has 1 aliphatic heterocycles. The number of anilines is 1. The molecule has 1 atom stereocenters. The fourth-order valence-corrected chi connectivity index (χ4v) is 3.19. The van der Waals surface area contributed by atoms with Gasteiger partial charge in [-0.15, -0.1) is 11.3 Å². The van der Waals surface area contributed by atoms with Crippen LogP contribution in [0.5, 0.6) is 0 Å². The van der Waals surface area contributed by atoms with E-state index in [4.69, 9.17) is 4.74 Å². The maximum atomic E-state index is 12.4. The summed E-state index contributed by atoms with van der Waals surface area (Å²) in [5.74, 6) is 0.825. The number of amides is 1. The normalized spacial score (nSPS) is 18.2. The minimum absolute atomic E-state index is 0.130. The van der Waals surface area contributed by atoms with Gasteiger partial charge in [-0.3, -0.25) is 9.78 Å². The average Bonchev–Trinajstić information content (AvgIpc) is 3.08. The zero-order valence-corrected chi connectivity index (χ0v) is 13.2. The van der Waals surface area contributed by atoms with Crippen LogP contribution in [0.2, 0.25) is 0 Å². The summed E-state index contributed by atoms with van der Waals surface area (Å²) in [5, 5.41) is 5.01. The summed E-state index contributed by atoms with van der Waals surface area (Å²) >= 11 is 1.61. The molecular formula is C15H18N4O2S. The fraction of sp³-hybridized carbons (Fsp3) is 0.400. The van der Waals surface area contributed by atoms with E-state index in [9.17, 15) is 4.79 Å². The second-order valence-electron chi connectivity index (χ2n) is 5.00. The number of rotatable bonds is 4. The van der Waals surface area contributed by atoms with Crippen molar-refractivity contribution in [2.24, 2.45) is 0 Å². The summed E-state index contributed by atoms with van der Waals surface area (Å²) in [6, 6.07) is 3.95. The molecule has 1 N–H and O–H groups in total. The van der Waals surface area contributed by atoms with E-state index in [-0.39, 0.29) is 12.0 Å². The van der Waals surface area contributed by atoms with E-state index in [2.05, 4.69) is 15.3 Å². The van der Waals surface area contributed by atoms with Gasteiger partial charge >= 0.3 is 0 Å². The van der Waals surface area contributed by atoms with Gasteiger partial charge in [-0.1, -0.05) is 6.07 Å². The molecule has 0 saturated carbocycles. The van der Waals surface area contributed by atoms with Crippen LogP contribution >= 0.6 is 11.3 Å². The number of carbonyl (C=O) groups excluding carboxylic acids is 1. The number of morpholine rings is 1. The summed E-state index contributed by atoms with van der Waals surface area (Å²) < 4.78 is 5.79. The van der Waals surface area contributed by atoms with E-state index < -0.39 is 0 Å². The highest BCUT2D eigenvalue weighted by Crippen LogP contribution is 2.25. The molecule has 22 heavy (non-hydrogen) atoms. The lowest BCUT2D eigenvalue weighted by Crippen LogP contribution is -2.43. The summed E-state index contributed by atoms with van der Waals surface area (Å²) in [6.45, 7) is 1.65. The van der Waals surface area contributed by atoms with Gasteiger partial charge in [0, 0.05) is 30.9 Å². The van der Waals surface area contributed by atoms with Gasteiger partial charge < -0.3 is 15.0 Å². The fourth-order valence-electron chi connectivity index (χ4n) is 2.49. The first-order valence-corrected chi connectivity index (χ1v) is 8.06. The van der Waals surface area contributed by atoms with E-state index >= 15 is 0 Å². The Labute approximate surface area is 133 Å². The molecule has 6 nitrogen and oxygen atoms in total. The first-order chi connectivity index (χ1) is 10.8. The Bertz CT molecular complexity index is 632. The zero-order chi connectivity index (χ0) is 15.4. The predicted molar refractivity (Wildman–Crippen MR) is 84.9 cm³/mol. The van der Waals surface area contributed by atoms with Gasteiger partial charge in [-0.2, -0.15) is 0 Å². The van der Waals surface area contributed by atoms with Crippen LogP contribution in [0.3, 0.4) is 0 Å². The second kappa shape index (κ2) is 6.85. The zero-order valence-electron chi connectivity index (χ0n) is 12.4. The molecule has 1 fully saturated rings. The molecular weight excluding hydrogens is 300 g/mol. The first-order valence-electron chi connectivity index (χ1n) is 7.18. The third-order valence-electron chi connectivity index (χ3n) is 3.59. The van der Waals surface area contributed by atoms with Gasteiger partial charge in [-0.25, -0.2) is 4.98 Å². The van der Waals surface area contributed by atoms with Gasteiger partial charge in [0.25, 0.3) is 0 Å². The van der Waals surface area contributed by atoms with Crippen LogP contribution in [0.25, 0.3) is 0 Å². The van der Waals surface area contributed by atoms with Crippen LogP contribution in [0.15, 0.2) is 29.9 Å². The van der Waals surface area contributed by atoms with Crippen molar-refractivity contribution >= 4 is 23.1 Å². The smallest absolute Gasteiger partial charge is 0.228 e. The average molecular weight is 318 g/mol. The minimum Gasteiger partial charge on any atom is -0.372 e. The molecule has 1 amide bonds. The Hall–Kier alpha value is -1.99. The molecule has 3 heterocycles. The van der Waals surface area contributed by atoms with Gasteiger partial charge in [0.15, 0.2) is 0 Å². The van der Waals surface area contributed by atoms with E-state index in [1.54, 1.807) is 30.8 Å². The largest absolute Gasteiger partial charge is 0.372 e. The van der Waals surface area contributed by atoms with Gasteiger partial charge in [0.2, 0.25) is 5.91 Å². The number of hydrogen-bond acceptors (Lipinski definition) is 6. The van der Waals surface area contributed by atoms with Crippen molar-refractivity contribution in [1.82, 2.24) is 14.9 Å². The number of nitrogens with zero attached hydrogens (tertiary/aromatic N) is 3. The molecule has 7 heteroatoms. The third kappa shape index (κ3) is 3.26. The van der Waals surface area contributed by atoms with E-state index in [0.29, 0.717) is 31.9 Å². The summed E-state index contributed by atoms with van der Waals surface area (Å²) in [5.41, 5.74) is 0.749. The number of ether oxygens (including phenoxy) is 1. The van der Waals surface area contributed by atoms with Crippen molar-refractivity contribution in [1.29, 1.82) is 0 Å². The molecule has 2 aromatic rings. The SMILES string of the molecule is CNc1nccnc1[C@@H]1CN(C(=O)Cc2cccs2)CCO1. The summed E-state index contributed by atoms with van der Waals surface area (Å²) in [6.07, 6.45) is 3.49. The van der Waals surface area contributed by atoms with Gasteiger partial charge in [0.1, 0.15) is 17.6 Å². The number of hydrogen-bond donors (Lipinski definition) is 1. The van der Waals surface area contributed by atoms with E-state index in [1.165, 1.54) is 0 Å². The maximum Gasteiger partial charge on any atom is 0.228 e. The molecule has 0 bridgehead atoms. The van der Waals surface area contributed by atoms with E-state index in [0.717, 1.165) is 10.6 Å². The molecule has 0 aromatic carbocycles. The first kappa shape index (κ1) is 14.9. The molecule has 0 radical (unpaired) electrons. The standard InChI is InChI=1S/C15H18N4O2S/c1-16-15-14(17-4-5-18-15)12-10-19(6-7-21-12)13(20)9-11-3-2-8-22-11/h2-5,8,12H,6-7,9-10H2,1H3,(H,16,18)/t12-/m0/s1. The van der Waals surface area contributed by atoms with Crippen molar-refractivity contribution in [2.75, 3.05) is 32.1 Å². The highest BCUT2D eigenvalue weighted by molar-refractivity contribution is 7.10. The van der Waals surface area contributed by atoms with Crippen LogP contribution in [0, 0.1) is 0 Å². The lowest BCUT2D eigenvalue weighted by Gasteiger charge is -2.33. The Morgan fingerprint density at radius 1 is 1.50 bits per heavy atom. The molecule has 0 spiro atoms. The van der Waals surface area contributed by atoms with Crippen LogP contribution in [-0.4, -0.2) is 47.5 Å². The topological polar surface area (TPSA) is 67.4 Å². The highest BCUT2D eigenvalue weighted by Gasteiger charge is 2.28. The van der Waals surface area contributed by atoms with Crippen LogP contribution in [0.1, 0.15) is 16.7 Å². The molecule has 0 unspecified atom stereocenters. The van der Waals surface area contributed by atoms with Crippen LogP contribution < -0.4 is 5.32 Å². The molecule has 2 aromatic heterocycles. The minimum atomic E-state index is -0.239. The number of thiophene rings is 1. The molecule has 1 aliphatic rings. The van der Waals surface area contributed by atoms with E-state index in [1.807, 2.05) is 22.4 Å². The van der Waals surface area contributed by atoms with Crippen molar-refractivity contribution in [3.63, 3.8) is 0 Å². The maximum absolute atomic E-state index is 12.4. The Kier molecular flexibility index (Phi) is 4.65. The van der Waals surface area contributed by atoms with Crippen molar-refractivity contribution < 1.29 is 9.53 Å². The third-order valence-corrected chi connectivity index (χ3v) is 4.47. The van der Waals surface area contributed by atoms with Crippen LogP contribution in [-0.2, 0) is 16.0 Å². The summed E-state index contributed by atoms with van der Waals surface area (Å²) in [4.78, 5) is 24.0. The molecule has 3 rings (SSSR count). The summed E-state index contributed by atoms with van der Waals surface area (Å²) in [7, 11) is 1.80. The van der Waals surface area contributed by atoms with Crippen molar-refractivity contribution in [3.8, 4) is 0 Å². The monoisotopic (exact) mass is 318 g/mol. The highest BCUT2D eigenvalue weighted by atomic mass is 32.1. The lowest BCUT2D eigenvalue weighted by molar-refractivity contribution is -0.138. The van der Waals surface area contributed by atoms with Gasteiger partial charge in [-0.05, 0) is 11.4 Å². The number of aromatic nitrogens is 2. The quantitative estimate of drug-likeness (QED) is 0.930. The Morgan fingerprint density at radius 3 is 3.14 bits per heavy atom. The lowest BCUT2D eigenvalue weighted by atomic mass is 10.2. The predicted octanol–water partition coefficient (Wildman–Crippen LogP) is 1.72. The molecule has 1 saturated heterocycles. The number of nitrogens with one attached hydrogen (secondary N) is 1. The Balaban J connectivity index is 1.70. The molecule has 116 valence electrons. The molecule has 0 aliphatic carbocycles. The van der Waals surface area contributed by atoms with Crippen molar-refractivity contribution in [2.45, 2.75) is 12.5 Å². The second-order valence-corrected chi connectivity index (χ2v) is 6.03. The van der Waals surface area contributed by atoms with Crippen LogP contribution in [0.4, 0.5) is 5.82 Å². The number of carbonyl (C=O) groups is 1.